The van der Waals surface area contributed by atoms with E-state index in [-0.39, 0.29) is 10.6 Å². The number of hydrogen-bond donors (Lipinski definition) is 1. The van der Waals surface area contributed by atoms with Crippen LogP contribution in [0.3, 0.4) is 0 Å². The van der Waals surface area contributed by atoms with Crippen molar-refractivity contribution in [3.8, 4) is 22.9 Å². The van der Waals surface area contributed by atoms with Crippen molar-refractivity contribution in [2.24, 2.45) is 5.73 Å². The number of aryl methyl sites for hydroxylation is 1. The first-order valence-electron chi connectivity index (χ1n) is 10.8. The Morgan fingerprint density at radius 3 is 2.35 bits per heavy atom. The lowest BCUT2D eigenvalue weighted by atomic mass is 10.1. The largest absolute Gasteiger partial charge is 0.416 e. The maximum Gasteiger partial charge on any atom is 0.248 e. The standard InChI is InChI=1S/C25H23ClN4O3S/c1-16-2-6-18(7-3-16)24-28-29-25(33-24)19-8-11-23-22(12-19)30(14-21(27)15-34(23,31)32)13-17-4-9-20(26)10-5-17/h2-12,21H,13-15,27H2,1H3/t21-/m1/s1. The van der Waals surface area contributed by atoms with E-state index in [2.05, 4.69) is 10.2 Å². The van der Waals surface area contributed by atoms with Crippen LogP contribution in [0, 0.1) is 6.92 Å². The van der Waals surface area contributed by atoms with Gasteiger partial charge in [0.1, 0.15) is 0 Å². The number of aromatic nitrogens is 2. The number of benzene rings is 3. The third-order valence-corrected chi connectivity index (χ3v) is 7.91. The first-order valence-corrected chi connectivity index (χ1v) is 12.8. The Kier molecular flexibility index (Phi) is 5.89. The lowest BCUT2D eigenvalue weighted by molar-refractivity contribution is 0.584. The van der Waals surface area contributed by atoms with Crippen molar-refractivity contribution >= 4 is 27.1 Å². The van der Waals surface area contributed by atoms with Crippen LogP contribution in [0.15, 0.2) is 76.0 Å². The van der Waals surface area contributed by atoms with Gasteiger partial charge in [-0.05, 0) is 55.0 Å². The summed E-state index contributed by atoms with van der Waals surface area (Å²) in [5.41, 5.74) is 10.3. The van der Waals surface area contributed by atoms with Crippen LogP contribution in [0.5, 0.6) is 0 Å². The Bertz CT molecular complexity index is 1430. The van der Waals surface area contributed by atoms with Crippen LogP contribution in [0.1, 0.15) is 11.1 Å². The Morgan fingerprint density at radius 1 is 1.00 bits per heavy atom. The maximum absolute atomic E-state index is 13.0. The molecule has 0 spiro atoms. The van der Waals surface area contributed by atoms with Gasteiger partial charge in [-0.2, -0.15) is 0 Å². The first kappa shape index (κ1) is 22.6. The minimum Gasteiger partial charge on any atom is -0.416 e. The molecule has 1 aromatic heterocycles. The van der Waals surface area contributed by atoms with Crippen molar-refractivity contribution < 1.29 is 12.8 Å². The minimum atomic E-state index is -3.55. The Hall–Kier alpha value is -3.20. The van der Waals surface area contributed by atoms with Gasteiger partial charge in [-0.1, -0.05) is 41.4 Å². The number of sulfone groups is 1. The summed E-state index contributed by atoms with van der Waals surface area (Å²) in [6.45, 7) is 2.88. The molecule has 0 saturated heterocycles. The second kappa shape index (κ2) is 8.87. The van der Waals surface area contributed by atoms with E-state index < -0.39 is 15.9 Å². The molecular formula is C25H23ClN4O3S. The van der Waals surface area contributed by atoms with Gasteiger partial charge in [0.15, 0.2) is 9.84 Å². The Balaban J connectivity index is 1.55. The van der Waals surface area contributed by atoms with Crippen molar-refractivity contribution in [1.82, 2.24) is 10.2 Å². The van der Waals surface area contributed by atoms with Gasteiger partial charge in [0.2, 0.25) is 11.8 Å². The molecule has 4 aromatic rings. The van der Waals surface area contributed by atoms with Gasteiger partial charge in [0.05, 0.1) is 16.3 Å². The summed E-state index contributed by atoms with van der Waals surface area (Å²) in [5, 5.41) is 9.02. The predicted molar refractivity (Wildman–Crippen MR) is 132 cm³/mol. The van der Waals surface area contributed by atoms with Crippen LogP contribution in [0.25, 0.3) is 22.9 Å². The van der Waals surface area contributed by atoms with E-state index in [9.17, 15) is 8.42 Å². The zero-order chi connectivity index (χ0) is 23.9. The summed E-state index contributed by atoms with van der Waals surface area (Å²) in [6.07, 6.45) is 0. The van der Waals surface area contributed by atoms with Crippen LogP contribution >= 0.6 is 11.6 Å². The number of nitrogens with zero attached hydrogens (tertiary/aromatic N) is 3. The molecule has 1 aliphatic heterocycles. The first-order chi connectivity index (χ1) is 16.3. The molecule has 3 aromatic carbocycles. The summed E-state index contributed by atoms with van der Waals surface area (Å²) < 4.78 is 32.0. The van der Waals surface area contributed by atoms with E-state index in [1.54, 1.807) is 18.2 Å². The summed E-state index contributed by atoms with van der Waals surface area (Å²) in [6, 6.07) is 19.8. The summed E-state index contributed by atoms with van der Waals surface area (Å²) in [4.78, 5) is 2.23. The van der Waals surface area contributed by atoms with Gasteiger partial charge < -0.3 is 15.1 Å². The Labute approximate surface area is 203 Å². The Morgan fingerprint density at radius 2 is 1.65 bits per heavy atom. The molecular weight excluding hydrogens is 472 g/mol. The fraction of sp³-hybridized carbons (Fsp3) is 0.200. The molecule has 0 radical (unpaired) electrons. The second-order valence-electron chi connectivity index (χ2n) is 8.51. The lowest BCUT2D eigenvalue weighted by Crippen LogP contribution is -2.39. The SMILES string of the molecule is Cc1ccc(-c2nnc(-c3ccc4c(c3)N(Cc3ccc(Cl)cc3)C[C@@H](N)CS4(=O)=O)o2)cc1. The van der Waals surface area contributed by atoms with Crippen LogP contribution < -0.4 is 10.6 Å². The van der Waals surface area contributed by atoms with Crippen LogP contribution in [0.2, 0.25) is 5.02 Å². The molecule has 9 heteroatoms. The molecule has 7 nitrogen and oxygen atoms in total. The van der Waals surface area contributed by atoms with Crippen molar-refractivity contribution in [3.63, 3.8) is 0 Å². The minimum absolute atomic E-state index is 0.116. The molecule has 0 unspecified atom stereocenters. The van der Waals surface area contributed by atoms with Crippen molar-refractivity contribution in [2.75, 3.05) is 17.2 Å². The van der Waals surface area contributed by atoms with E-state index in [0.717, 1.165) is 16.7 Å². The molecule has 1 aliphatic rings. The van der Waals surface area contributed by atoms with Gasteiger partial charge >= 0.3 is 0 Å². The van der Waals surface area contributed by atoms with Crippen molar-refractivity contribution in [3.05, 3.63) is 82.9 Å². The third kappa shape index (κ3) is 4.57. The van der Waals surface area contributed by atoms with Crippen molar-refractivity contribution in [2.45, 2.75) is 24.4 Å². The van der Waals surface area contributed by atoms with E-state index in [1.807, 2.05) is 60.4 Å². The second-order valence-corrected chi connectivity index (χ2v) is 10.9. The van der Waals surface area contributed by atoms with E-state index in [1.165, 1.54) is 0 Å². The molecule has 174 valence electrons. The van der Waals surface area contributed by atoms with E-state index in [0.29, 0.717) is 41.1 Å². The van der Waals surface area contributed by atoms with E-state index >= 15 is 0 Å². The summed E-state index contributed by atoms with van der Waals surface area (Å²) >= 11 is 6.03. The van der Waals surface area contributed by atoms with Crippen LogP contribution in [-0.4, -0.2) is 37.0 Å². The molecule has 1 atom stereocenters. The molecule has 0 fully saturated rings. The normalized spacial score (nSPS) is 17.3. The number of rotatable bonds is 4. The van der Waals surface area contributed by atoms with Gasteiger partial charge in [0, 0.05) is 35.3 Å². The smallest absolute Gasteiger partial charge is 0.248 e. The third-order valence-electron chi connectivity index (χ3n) is 5.78. The topological polar surface area (TPSA) is 102 Å². The molecule has 0 aliphatic carbocycles. The highest BCUT2D eigenvalue weighted by atomic mass is 35.5. The molecule has 34 heavy (non-hydrogen) atoms. The number of anilines is 1. The highest BCUT2D eigenvalue weighted by Gasteiger charge is 2.31. The number of nitrogens with two attached hydrogens (primary N) is 1. The molecule has 0 amide bonds. The van der Waals surface area contributed by atoms with Crippen LogP contribution in [0.4, 0.5) is 5.69 Å². The zero-order valence-corrected chi connectivity index (χ0v) is 20.1. The van der Waals surface area contributed by atoms with Crippen molar-refractivity contribution in [1.29, 1.82) is 0 Å². The van der Waals surface area contributed by atoms with Crippen LogP contribution in [-0.2, 0) is 16.4 Å². The predicted octanol–water partition coefficient (Wildman–Crippen LogP) is 4.49. The average molecular weight is 495 g/mol. The monoisotopic (exact) mass is 494 g/mol. The quantitative estimate of drug-likeness (QED) is 0.446. The van der Waals surface area contributed by atoms with E-state index in [4.69, 9.17) is 21.8 Å². The molecule has 2 N–H and O–H groups in total. The van der Waals surface area contributed by atoms with Gasteiger partial charge in [-0.3, -0.25) is 0 Å². The van der Waals surface area contributed by atoms with Gasteiger partial charge in [-0.25, -0.2) is 8.42 Å². The highest BCUT2D eigenvalue weighted by Crippen LogP contribution is 2.35. The fourth-order valence-corrected chi connectivity index (χ4v) is 5.84. The lowest BCUT2D eigenvalue weighted by Gasteiger charge is -2.26. The molecule has 0 saturated carbocycles. The fourth-order valence-electron chi connectivity index (χ4n) is 4.08. The molecule has 0 bridgehead atoms. The average Bonchev–Trinajstić information content (AvgIpc) is 3.27. The zero-order valence-electron chi connectivity index (χ0n) is 18.5. The molecule has 5 rings (SSSR count). The van der Waals surface area contributed by atoms with Gasteiger partial charge in [0.25, 0.3) is 0 Å². The summed E-state index contributed by atoms with van der Waals surface area (Å²) in [5.74, 6) is 0.600. The van der Waals surface area contributed by atoms with Gasteiger partial charge in [-0.15, -0.1) is 10.2 Å². The summed E-state index contributed by atoms with van der Waals surface area (Å²) in [7, 11) is -3.55. The maximum atomic E-state index is 13.0. The molecule has 2 heterocycles. The number of halogens is 1. The number of hydrogen-bond acceptors (Lipinski definition) is 7. The number of fused-ring (bicyclic) bond motifs is 1. The highest BCUT2D eigenvalue weighted by molar-refractivity contribution is 7.91.